The number of hydrogen-bond acceptors (Lipinski definition) is 7. The number of methoxy groups -OCH3 is 1. The number of nitrogens with zero attached hydrogens (tertiary/aromatic N) is 4. The number of aromatic hydroxyl groups is 1. The Bertz CT molecular complexity index is 1040. The van der Waals surface area contributed by atoms with Crippen molar-refractivity contribution < 1.29 is 19.0 Å². The molecule has 210 valence electrons. The molecule has 2 saturated heterocycles. The van der Waals surface area contributed by atoms with Crippen molar-refractivity contribution in [2.75, 3.05) is 58.0 Å². The zero-order valence-corrected chi connectivity index (χ0v) is 23.5. The Morgan fingerprint density at radius 1 is 1.26 bits per heavy atom. The van der Waals surface area contributed by atoms with Crippen molar-refractivity contribution in [2.45, 2.75) is 58.0 Å². The summed E-state index contributed by atoms with van der Waals surface area (Å²) >= 11 is 6.02. The number of likely N-dealkylation sites (tertiary alicyclic amines) is 1. The van der Waals surface area contributed by atoms with Crippen LogP contribution in [-0.2, 0) is 4.74 Å². The Hall–Kier alpha value is -2.20. The molecule has 3 fully saturated rings. The van der Waals surface area contributed by atoms with Crippen LogP contribution in [0.15, 0.2) is 34.8 Å². The van der Waals surface area contributed by atoms with Gasteiger partial charge in [-0.25, -0.2) is 9.37 Å². The molecule has 2 N–H and O–H groups in total. The van der Waals surface area contributed by atoms with Crippen LogP contribution >= 0.6 is 11.6 Å². The van der Waals surface area contributed by atoms with E-state index >= 15 is 0 Å². The molecule has 8 nitrogen and oxygen atoms in total. The van der Waals surface area contributed by atoms with Gasteiger partial charge >= 0.3 is 0 Å². The first kappa shape index (κ1) is 28.8. The van der Waals surface area contributed by atoms with Gasteiger partial charge in [0.15, 0.2) is 11.6 Å². The Morgan fingerprint density at radius 3 is 2.63 bits per heavy atom. The van der Waals surface area contributed by atoms with Gasteiger partial charge in [0, 0.05) is 56.6 Å². The van der Waals surface area contributed by atoms with Crippen LogP contribution in [0.5, 0.6) is 5.75 Å². The molecule has 1 aliphatic carbocycles. The van der Waals surface area contributed by atoms with Gasteiger partial charge in [0.05, 0.1) is 5.56 Å². The number of piperazine rings is 1. The molecule has 3 heterocycles. The van der Waals surface area contributed by atoms with Crippen LogP contribution in [0.2, 0.25) is 0 Å². The van der Waals surface area contributed by atoms with Crippen LogP contribution in [0.4, 0.5) is 10.2 Å². The third-order valence-electron chi connectivity index (χ3n) is 7.93. The first-order valence-electron chi connectivity index (χ1n) is 13.7. The van der Waals surface area contributed by atoms with E-state index in [-0.39, 0.29) is 24.2 Å². The van der Waals surface area contributed by atoms with E-state index in [1.165, 1.54) is 38.3 Å². The van der Waals surface area contributed by atoms with Crippen molar-refractivity contribution in [3.8, 4) is 5.75 Å². The number of carbonyl (C=O) groups excluding carboxylic acids is 1. The lowest BCUT2D eigenvalue weighted by Gasteiger charge is -2.48. The minimum absolute atomic E-state index is 0.0251. The number of halogens is 2. The summed E-state index contributed by atoms with van der Waals surface area (Å²) in [5.41, 5.74) is 1.04. The zero-order chi connectivity index (χ0) is 27.2. The second kappa shape index (κ2) is 13.2. The zero-order valence-electron chi connectivity index (χ0n) is 22.8. The van der Waals surface area contributed by atoms with E-state index in [0.717, 1.165) is 51.1 Å². The standard InChI is InChI=1S/C28H41ClFN5O3/c1-4-22(29)14-24(30)19(2)16-33-9-7-23(8-10-33)35-12-11-34(17-25(35)20-5-6-20)27-26(36)13-21(15-31-27)28(37)32-18-38-3/h13-15,20,23,25,36H,4-12,16-18H2,1-3H3,(H,32,37)/b22-14+,24-19-. The van der Waals surface area contributed by atoms with Crippen LogP contribution in [0.1, 0.15) is 56.3 Å². The Kier molecular flexibility index (Phi) is 10.0. The van der Waals surface area contributed by atoms with Gasteiger partial charge in [0.2, 0.25) is 0 Å². The minimum atomic E-state index is -0.331. The average Bonchev–Trinajstić information content (AvgIpc) is 3.77. The number of hydrogen-bond donors (Lipinski definition) is 2. The van der Waals surface area contributed by atoms with Crippen molar-refractivity contribution in [2.24, 2.45) is 5.92 Å². The summed E-state index contributed by atoms with van der Waals surface area (Å²) in [5, 5.41) is 13.9. The Morgan fingerprint density at radius 2 is 2.00 bits per heavy atom. The molecular weight excluding hydrogens is 509 g/mol. The second-order valence-electron chi connectivity index (χ2n) is 10.7. The fourth-order valence-electron chi connectivity index (χ4n) is 5.61. The van der Waals surface area contributed by atoms with Crippen molar-refractivity contribution in [3.63, 3.8) is 0 Å². The van der Waals surface area contributed by atoms with Gasteiger partial charge in [0.1, 0.15) is 12.6 Å². The predicted molar refractivity (Wildman–Crippen MR) is 148 cm³/mol. The smallest absolute Gasteiger partial charge is 0.254 e. The molecule has 1 aromatic rings. The third-order valence-corrected chi connectivity index (χ3v) is 8.31. The molecule has 1 unspecified atom stereocenters. The summed E-state index contributed by atoms with van der Waals surface area (Å²) < 4.78 is 19.3. The minimum Gasteiger partial charge on any atom is -0.504 e. The maximum atomic E-state index is 14.5. The van der Waals surface area contributed by atoms with Crippen molar-refractivity contribution in [1.29, 1.82) is 0 Å². The Balaban J connectivity index is 1.35. The SMILES string of the molecule is CC/C(Cl)=C\C(F)=C(/C)CN1CCC(N2CCN(c3ncc(C(=O)NCOC)cc3O)CC2C2CC2)CC1. The van der Waals surface area contributed by atoms with Gasteiger partial charge in [-0.2, -0.15) is 0 Å². The van der Waals surface area contributed by atoms with E-state index in [0.29, 0.717) is 47.4 Å². The summed E-state index contributed by atoms with van der Waals surface area (Å²) in [6.07, 6.45) is 8.21. The molecule has 3 aliphatic rings. The highest BCUT2D eigenvalue weighted by Crippen LogP contribution is 2.40. The maximum absolute atomic E-state index is 14.5. The van der Waals surface area contributed by atoms with Crippen molar-refractivity contribution in [1.82, 2.24) is 20.1 Å². The largest absolute Gasteiger partial charge is 0.504 e. The predicted octanol–water partition coefficient (Wildman–Crippen LogP) is 4.26. The second-order valence-corrected chi connectivity index (χ2v) is 11.2. The molecule has 10 heteroatoms. The van der Waals surface area contributed by atoms with Crippen LogP contribution in [-0.4, -0.2) is 91.0 Å². The molecule has 1 amide bonds. The van der Waals surface area contributed by atoms with E-state index in [1.54, 1.807) is 0 Å². The van der Waals surface area contributed by atoms with Crippen LogP contribution in [0.3, 0.4) is 0 Å². The number of allylic oxidation sites excluding steroid dienone is 3. The third kappa shape index (κ3) is 7.25. The average molecular weight is 550 g/mol. The molecule has 0 radical (unpaired) electrons. The van der Waals surface area contributed by atoms with Gasteiger partial charge in [-0.3, -0.25) is 14.6 Å². The van der Waals surface area contributed by atoms with Crippen molar-refractivity contribution >= 4 is 23.3 Å². The molecule has 1 aromatic heterocycles. The molecule has 1 atom stereocenters. The number of carbonyl (C=O) groups is 1. The number of rotatable bonds is 10. The summed E-state index contributed by atoms with van der Waals surface area (Å²) in [6.45, 7) is 8.91. The highest BCUT2D eigenvalue weighted by molar-refractivity contribution is 6.29. The summed E-state index contributed by atoms with van der Waals surface area (Å²) in [7, 11) is 1.50. The number of amides is 1. The molecule has 0 spiro atoms. The highest BCUT2D eigenvalue weighted by Gasteiger charge is 2.42. The first-order chi connectivity index (χ1) is 18.3. The summed E-state index contributed by atoms with van der Waals surface area (Å²) in [6, 6.07) is 2.41. The van der Waals surface area contributed by atoms with Gasteiger partial charge < -0.3 is 20.1 Å². The highest BCUT2D eigenvalue weighted by atomic mass is 35.5. The molecule has 1 saturated carbocycles. The van der Waals surface area contributed by atoms with Gasteiger partial charge in [-0.05, 0) is 75.8 Å². The molecule has 38 heavy (non-hydrogen) atoms. The molecule has 0 bridgehead atoms. The lowest BCUT2D eigenvalue weighted by atomic mass is 9.97. The van der Waals surface area contributed by atoms with Crippen LogP contribution in [0, 0.1) is 5.92 Å². The van der Waals surface area contributed by atoms with E-state index in [9.17, 15) is 14.3 Å². The Labute approximate surface area is 230 Å². The number of anilines is 1. The molecule has 4 rings (SSSR count). The van der Waals surface area contributed by atoms with Gasteiger partial charge in [0.25, 0.3) is 5.91 Å². The number of aromatic nitrogens is 1. The number of pyridine rings is 1. The number of piperidine rings is 1. The number of ether oxygens (including phenoxy) is 1. The van der Waals surface area contributed by atoms with Crippen molar-refractivity contribution in [3.05, 3.63) is 40.3 Å². The first-order valence-corrected chi connectivity index (χ1v) is 14.1. The topological polar surface area (TPSA) is 81.2 Å². The summed E-state index contributed by atoms with van der Waals surface area (Å²) in [4.78, 5) is 23.8. The fraction of sp³-hybridized carbons (Fsp3) is 0.643. The van der Waals surface area contributed by atoms with Gasteiger partial charge in [-0.15, -0.1) is 0 Å². The number of nitrogens with one attached hydrogen (secondary N) is 1. The van der Waals surface area contributed by atoms with E-state index in [1.807, 2.05) is 13.8 Å². The molecule has 2 aliphatic heterocycles. The normalized spacial score (nSPS) is 22.9. The lowest BCUT2D eigenvalue weighted by molar-refractivity contribution is 0.0582. The lowest BCUT2D eigenvalue weighted by Crippen LogP contribution is -2.59. The molecular formula is C28H41ClFN5O3. The van der Waals surface area contributed by atoms with E-state index in [2.05, 4.69) is 25.0 Å². The van der Waals surface area contributed by atoms with Crippen LogP contribution in [0.25, 0.3) is 0 Å². The van der Waals surface area contributed by atoms with Gasteiger partial charge in [-0.1, -0.05) is 18.5 Å². The quantitative estimate of drug-likeness (QED) is 0.333. The van der Waals surface area contributed by atoms with E-state index in [4.69, 9.17) is 16.3 Å². The summed E-state index contributed by atoms with van der Waals surface area (Å²) in [5.74, 6) is 0.686. The maximum Gasteiger partial charge on any atom is 0.254 e. The fourth-order valence-corrected chi connectivity index (χ4v) is 5.70. The van der Waals surface area contributed by atoms with E-state index < -0.39 is 0 Å². The molecule has 0 aromatic carbocycles. The monoisotopic (exact) mass is 549 g/mol. The van der Waals surface area contributed by atoms with Crippen LogP contribution < -0.4 is 10.2 Å².